The van der Waals surface area contributed by atoms with Gasteiger partial charge < -0.3 is 30.5 Å². The van der Waals surface area contributed by atoms with Crippen LogP contribution in [-0.2, 0) is 16.1 Å². The van der Waals surface area contributed by atoms with Gasteiger partial charge in [0.15, 0.2) is 12.4 Å². The Morgan fingerprint density at radius 3 is 2.34 bits per heavy atom. The van der Waals surface area contributed by atoms with Crippen molar-refractivity contribution < 1.29 is 24.5 Å². The predicted octanol–water partition coefficient (Wildman–Crippen LogP) is 0.893. The number of hydrogen-bond donors (Lipinski definition) is 3. The van der Waals surface area contributed by atoms with Crippen LogP contribution in [0.15, 0.2) is 54.9 Å². The summed E-state index contributed by atoms with van der Waals surface area (Å²) in [5.41, 5.74) is 10.6. The summed E-state index contributed by atoms with van der Waals surface area (Å²) < 4.78 is 2.10. The highest BCUT2D eigenvalue weighted by Crippen LogP contribution is 2.20. The lowest BCUT2D eigenvalue weighted by Gasteiger charge is -2.17. The Morgan fingerprint density at radius 1 is 1.11 bits per heavy atom. The summed E-state index contributed by atoms with van der Waals surface area (Å²) in [6, 6.07) is 12.3. The Bertz CT molecular complexity index is 1320. The Kier molecular flexibility index (Phi) is 7.98. The molecule has 0 aliphatic carbocycles. The van der Waals surface area contributed by atoms with E-state index in [1.807, 2.05) is 50.5 Å². The van der Waals surface area contributed by atoms with Crippen molar-refractivity contribution in [2.24, 2.45) is 5.73 Å². The van der Waals surface area contributed by atoms with Crippen LogP contribution in [0, 0.1) is 13.8 Å². The largest absolute Gasteiger partial charge is 0.550 e. The number of nitrogens with two attached hydrogens (primary N) is 1. The molecule has 0 saturated carbocycles. The quantitative estimate of drug-likeness (QED) is 0.361. The number of amides is 2. The van der Waals surface area contributed by atoms with E-state index in [-0.39, 0.29) is 5.91 Å². The van der Waals surface area contributed by atoms with E-state index in [4.69, 9.17) is 15.6 Å². The second-order valence-electron chi connectivity index (χ2n) is 8.08. The molecule has 0 bridgehead atoms. The van der Waals surface area contributed by atoms with Gasteiger partial charge in [0.1, 0.15) is 11.9 Å². The molecule has 0 aliphatic rings. The normalized spacial score (nSPS) is 11.4. The summed E-state index contributed by atoms with van der Waals surface area (Å²) in [6.45, 7) is 5.58. The first kappa shape index (κ1) is 25.2. The molecule has 1 atom stereocenters. The van der Waals surface area contributed by atoms with Crippen LogP contribution >= 0.6 is 0 Å². The van der Waals surface area contributed by atoms with Gasteiger partial charge in [-0.3, -0.25) is 9.59 Å². The van der Waals surface area contributed by atoms with Gasteiger partial charge in [-0.15, -0.1) is 0 Å². The maximum Gasteiger partial charge on any atom is 0.252 e. The van der Waals surface area contributed by atoms with E-state index < -0.39 is 17.9 Å². The van der Waals surface area contributed by atoms with E-state index in [1.165, 1.54) is 0 Å². The van der Waals surface area contributed by atoms with Crippen molar-refractivity contribution in [3.63, 3.8) is 0 Å². The van der Waals surface area contributed by atoms with Crippen LogP contribution < -0.4 is 21.1 Å². The molecule has 4 aromatic rings. The van der Waals surface area contributed by atoms with E-state index >= 15 is 0 Å². The lowest BCUT2D eigenvalue weighted by molar-refractivity contribution is -0.377. The van der Waals surface area contributed by atoms with Crippen LogP contribution in [0.2, 0.25) is 0 Å². The number of aromatic amines is 2. The van der Waals surface area contributed by atoms with E-state index in [0.717, 1.165) is 34.9 Å². The maximum absolute atomic E-state index is 12.8. The standard InChI is InChI=1S/C23H24N6O2.C2H4O2/c1-14-3-4-15(2)29(14)12-9-19(21(24)30)28-23(31)17-5-6-18-20(13-17)27-22(26-18)16-7-10-25-11-8-16;1-2(3)4/h3-8,10-11,13,19H,9,12H2,1-2H3,(H2,24,30)(H,26,27)(H,28,31);1H3,(H,3,4)/t19-;/m0./s1. The first-order valence-electron chi connectivity index (χ1n) is 11.0. The number of fused-ring (bicyclic) bond motifs is 1. The van der Waals surface area contributed by atoms with Gasteiger partial charge in [0.25, 0.3) is 5.91 Å². The molecule has 0 saturated heterocycles. The summed E-state index contributed by atoms with van der Waals surface area (Å²) in [7, 11) is 0. The number of carboxylic acids is 1. The van der Waals surface area contributed by atoms with E-state index in [0.29, 0.717) is 24.4 Å². The number of carbonyl (C=O) groups excluding carboxylic acids is 3. The van der Waals surface area contributed by atoms with E-state index in [1.54, 1.807) is 18.2 Å². The van der Waals surface area contributed by atoms with Crippen LogP contribution in [0.5, 0.6) is 0 Å². The van der Waals surface area contributed by atoms with Gasteiger partial charge in [0.05, 0.1) is 11.0 Å². The minimum Gasteiger partial charge on any atom is -0.550 e. The second-order valence-corrected chi connectivity index (χ2v) is 8.08. The van der Waals surface area contributed by atoms with Crippen LogP contribution in [0.1, 0.15) is 35.1 Å². The van der Waals surface area contributed by atoms with Gasteiger partial charge in [0, 0.05) is 47.2 Å². The van der Waals surface area contributed by atoms with Crippen molar-refractivity contribution in [1.29, 1.82) is 0 Å². The molecule has 0 fully saturated rings. The number of hydrogen-bond acceptors (Lipinski definition) is 5. The molecule has 3 aromatic heterocycles. The summed E-state index contributed by atoms with van der Waals surface area (Å²) in [4.78, 5) is 44.4. The number of aryl methyl sites for hydroxylation is 2. The number of aliphatic carboxylic acids is 1. The molecule has 182 valence electrons. The number of pyridine rings is 1. The van der Waals surface area contributed by atoms with Crippen molar-refractivity contribution in [3.05, 3.63) is 71.8 Å². The Labute approximate surface area is 202 Å². The van der Waals surface area contributed by atoms with Crippen LogP contribution in [0.3, 0.4) is 0 Å². The zero-order chi connectivity index (χ0) is 25.5. The number of nitrogens with one attached hydrogen (secondary N) is 3. The molecule has 2 amide bonds. The predicted molar refractivity (Wildman–Crippen MR) is 128 cm³/mol. The number of aromatic nitrogens is 4. The van der Waals surface area contributed by atoms with Gasteiger partial charge in [-0.2, -0.15) is 0 Å². The topological polar surface area (TPSA) is 160 Å². The molecule has 10 nitrogen and oxygen atoms in total. The molecular formula is C25H28N6O4. The third-order valence-electron chi connectivity index (χ3n) is 5.44. The second kappa shape index (κ2) is 11.1. The zero-order valence-corrected chi connectivity index (χ0v) is 19.8. The van der Waals surface area contributed by atoms with Gasteiger partial charge in [-0.25, -0.2) is 9.97 Å². The molecule has 4 rings (SSSR count). The van der Waals surface area contributed by atoms with Crippen LogP contribution in [-0.4, -0.2) is 38.4 Å². The number of imidazole rings is 1. The lowest BCUT2D eigenvalue weighted by atomic mass is 10.1. The SMILES string of the molecule is CC(=O)[O-].Cc1ccc(C)n1CC[C@H](NC(=O)c1ccc2nc(-c3cc[nH+]cc3)[nH]c2c1)C(N)=O. The molecule has 5 N–H and O–H groups in total. The van der Waals surface area contributed by atoms with Gasteiger partial charge in [0.2, 0.25) is 5.91 Å². The Morgan fingerprint density at radius 2 is 1.74 bits per heavy atom. The van der Waals surface area contributed by atoms with Crippen LogP contribution in [0.4, 0.5) is 0 Å². The minimum atomic E-state index is -1.08. The smallest absolute Gasteiger partial charge is 0.252 e. The van der Waals surface area contributed by atoms with Gasteiger partial charge in [-0.05, 0) is 57.5 Å². The van der Waals surface area contributed by atoms with Crippen molar-refractivity contribution >= 4 is 28.8 Å². The molecule has 0 aliphatic heterocycles. The first-order chi connectivity index (χ1) is 16.7. The monoisotopic (exact) mass is 476 g/mol. The molecule has 0 unspecified atom stereocenters. The lowest BCUT2D eigenvalue weighted by Crippen LogP contribution is -2.45. The fourth-order valence-electron chi connectivity index (χ4n) is 3.67. The zero-order valence-electron chi connectivity index (χ0n) is 19.8. The molecule has 0 spiro atoms. The van der Waals surface area contributed by atoms with Gasteiger partial charge >= 0.3 is 0 Å². The van der Waals surface area contributed by atoms with Crippen molar-refractivity contribution in [1.82, 2.24) is 19.9 Å². The molecule has 35 heavy (non-hydrogen) atoms. The number of H-pyrrole nitrogens is 2. The minimum absolute atomic E-state index is 0.350. The summed E-state index contributed by atoms with van der Waals surface area (Å²) in [5, 5.41) is 11.7. The Hall–Kier alpha value is -4.47. The fraction of sp³-hybridized carbons (Fsp3) is 0.240. The van der Waals surface area contributed by atoms with Crippen LogP contribution in [0.25, 0.3) is 22.4 Å². The number of rotatable bonds is 7. The average molecular weight is 477 g/mol. The van der Waals surface area contributed by atoms with Crippen molar-refractivity contribution in [2.45, 2.75) is 39.8 Å². The molecule has 1 aromatic carbocycles. The maximum atomic E-state index is 12.8. The molecule has 0 radical (unpaired) electrons. The molecule has 3 heterocycles. The molecule has 10 heteroatoms. The number of carbonyl (C=O) groups is 3. The fourth-order valence-corrected chi connectivity index (χ4v) is 3.67. The number of nitrogens with zero attached hydrogens (tertiary/aromatic N) is 2. The van der Waals surface area contributed by atoms with Crippen molar-refractivity contribution in [3.8, 4) is 11.4 Å². The third-order valence-corrected chi connectivity index (χ3v) is 5.44. The van der Waals surface area contributed by atoms with Gasteiger partial charge in [-0.1, -0.05) is 0 Å². The number of benzene rings is 1. The average Bonchev–Trinajstić information content (AvgIpc) is 3.39. The number of primary amides is 1. The Balaban J connectivity index is 0.000000795. The number of carboxylic acid groups (broad SMARTS) is 1. The first-order valence-corrected chi connectivity index (χ1v) is 11.0. The summed E-state index contributed by atoms with van der Waals surface area (Å²) in [5.74, 6) is -1.27. The summed E-state index contributed by atoms with van der Waals surface area (Å²) >= 11 is 0. The molecular weight excluding hydrogens is 448 g/mol. The highest BCUT2D eigenvalue weighted by atomic mass is 16.4. The van der Waals surface area contributed by atoms with E-state index in [2.05, 4.69) is 24.8 Å². The summed E-state index contributed by atoms with van der Waals surface area (Å²) in [6.07, 6.45) is 4.06. The van der Waals surface area contributed by atoms with Crippen molar-refractivity contribution in [2.75, 3.05) is 0 Å². The highest BCUT2D eigenvalue weighted by molar-refractivity contribution is 5.99. The third kappa shape index (κ3) is 6.53. The van der Waals surface area contributed by atoms with E-state index in [9.17, 15) is 9.59 Å². The highest BCUT2D eigenvalue weighted by Gasteiger charge is 2.20.